The van der Waals surface area contributed by atoms with Crippen molar-refractivity contribution in [1.29, 1.82) is 0 Å². The van der Waals surface area contributed by atoms with E-state index in [1.807, 2.05) is 6.07 Å². The van der Waals surface area contributed by atoms with Gasteiger partial charge in [-0.25, -0.2) is 0 Å². The second-order valence-electron chi connectivity index (χ2n) is 4.12. The van der Waals surface area contributed by atoms with Crippen LogP contribution in [0.25, 0.3) is 0 Å². The summed E-state index contributed by atoms with van der Waals surface area (Å²) in [6.07, 6.45) is 0. The van der Waals surface area contributed by atoms with Crippen LogP contribution < -0.4 is 9.47 Å². The van der Waals surface area contributed by atoms with Gasteiger partial charge in [0.05, 0.1) is 19.8 Å². The molecule has 0 bridgehead atoms. The minimum absolute atomic E-state index is 0.184. The molecule has 0 radical (unpaired) electrons. The first-order valence-corrected chi connectivity index (χ1v) is 7.86. The van der Waals surface area contributed by atoms with Crippen LogP contribution in [0, 0.1) is 0 Å². The molecule has 0 N–H and O–H groups in total. The summed E-state index contributed by atoms with van der Waals surface area (Å²) < 4.78 is 12.0. The number of carbonyl (C=O) groups is 1. The van der Waals surface area contributed by atoms with Gasteiger partial charge in [0.1, 0.15) is 10.8 Å². The maximum Gasteiger partial charge on any atom is 0.197 e. The molecular formula is C15H11Br2ClO3. The van der Waals surface area contributed by atoms with Crippen LogP contribution in [-0.4, -0.2) is 20.0 Å². The predicted octanol–water partition coefficient (Wildman–Crippen LogP) is 5.11. The molecule has 0 aliphatic heterocycles. The lowest BCUT2D eigenvalue weighted by Gasteiger charge is -2.13. The highest BCUT2D eigenvalue weighted by Crippen LogP contribution is 2.38. The van der Waals surface area contributed by atoms with E-state index in [1.54, 1.807) is 24.3 Å². The topological polar surface area (TPSA) is 35.5 Å². The maximum atomic E-state index is 12.7. The number of benzene rings is 2. The molecule has 0 heterocycles. The van der Waals surface area contributed by atoms with Gasteiger partial charge in [0, 0.05) is 14.5 Å². The van der Waals surface area contributed by atoms with E-state index in [9.17, 15) is 4.79 Å². The minimum atomic E-state index is -0.184. The summed E-state index contributed by atoms with van der Waals surface area (Å²) in [7, 11) is 2.97. The van der Waals surface area contributed by atoms with Crippen molar-refractivity contribution >= 4 is 49.2 Å². The summed E-state index contributed by atoms with van der Waals surface area (Å²) >= 11 is 12.9. The molecule has 0 aliphatic carbocycles. The molecule has 0 fully saturated rings. The van der Waals surface area contributed by atoms with Gasteiger partial charge in [-0.05, 0) is 46.3 Å². The van der Waals surface area contributed by atoms with E-state index in [0.717, 1.165) is 4.47 Å². The number of methoxy groups -OCH3 is 2. The number of ketones is 1. The van der Waals surface area contributed by atoms with E-state index in [0.29, 0.717) is 27.1 Å². The first kappa shape index (κ1) is 16.3. The van der Waals surface area contributed by atoms with Crippen LogP contribution in [0.1, 0.15) is 15.9 Å². The van der Waals surface area contributed by atoms with E-state index in [4.69, 9.17) is 21.1 Å². The summed E-state index contributed by atoms with van der Waals surface area (Å²) in [6, 6.07) is 8.62. The lowest BCUT2D eigenvalue weighted by atomic mass is 10.0. The Morgan fingerprint density at radius 1 is 1.05 bits per heavy atom. The second kappa shape index (κ2) is 6.81. The smallest absolute Gasteiger partial charge is 0.197 e. The van der Waals surface area contributed by atoms with Crippen molar-refractivity contribution < 1.29 is 14.3 Å². The third-order valence-corrected chi connectivity index (χ3v) is 4.41. The van der Waals surface area contributed by atoms with Crippen molar-refractivity contribution in [2.24, 2.45) is 0 Å². The van der Waals surface area contributed by atoms with Crippen molar-refractivity contribution in [2.45, 2.75) is 0 Å². The zero-order valence-electron chi connectivity index (χ0n) is 11.2. The lowest BCUT2D eigenvalue weighted by Crippen LogP contribution is -2.06. The molecule has 0 saturated carbocycles. The van der Waals surface area contributed by atoms with Crippen LogP contribution in [-0.2, 0) is 0 Å². The SMILES string of the molecule is COc1ccc(C(=O)c2ccc(Br)cc2Br)c(OC)c1Cl. The number of hydrogen-bond acceptors (Lipinski definition) is 3. The number of hydrogen-bond donors (Lipinski definition) is 0. The van der Waals surface area contributed by atoms with Gasteiger partial charge in [0.25, 0.3) is 0 Å². The number of ether oxygens (including phenoxy) is 2. The van der Waals surface area contributed by atoms with E-state index in [1.165, 1.54) is 14.2 Å². The minimum Gasteiger partial charge on any atom is -0.495 e. The van der Waals surface area contributed by atoms with Crippen molar-refractivity contribution in [2.75, 3.05) is 14.2 Å². The van der Waals surface area contributed by atoms with Crippen molar-refractivity contribution in [3.8, 4) is 11.5 Å². The highest BCUT2D eigenvalue weighted by molar-refractivity contribution is 9.11. The third-order valence-electron chi connectivity index (χ3n) is 2.91. The normalized spacial score (nSPS) is 10.3. The Labute approximate surface area is 144 Å². The Hall–Kier alpha value is -1.04. The quantitative estimate of drug-likeness (QED) is 0.627. The van der Waals surface area contributed by atoms with Gasteiger partial charge in [-0.1, -0.05) is 27.5 Å². The van der Waals surface area contributed by atoms with Crippen LogP contribution in [0.3, 0.4) is 0 Å². The molecule has 0 saturated heterocycles. The molecule has 3 nitrogen and oxygen atoms in total. The monoisotopic (exact) mass is 432 g/mol. The molecule has 0 amide bonds. The van der Waals surface area contributed by atoms with Crippen molar-refractivity contribution in [1.82, 2.24) is 0 Å². The van der Waals surface area contributed by atoms with E-state index in [-0.39, 0.29) is 10.8 Å². The third kappa shape index (κ3) is 3.25. The highest BCUT2D eigenvalue weighted by Gasteiger charge is 2.21. The zero-order valence-corrected chi connectivity index (χ0v) is 15.2. The zero-order chi connectivity index (χ0) is 15.6. The lowest BCUT2D eigenvalue weighted by molar-refractivity contribution is 0.103. The molecule has 2 rings (SSSR count). The van der Waals surface area contributed by atoms with Gasteiger partial charge >= 0.3 is 0 Å². The molecule has 0 unspecified atom stereocenters. The largest absolute Gasteiger partial charge is 0.495 e. The number of carbonyl (C=O) groups excluding carboxylic acids is 1. The molecule has 2 aromatic carbocycles. The molecular weight excluding hydrogens is 423 g/mol. The standard InChI is InChI=1S/C15H11Br2ClO3/c1-20-12-6-5-10(15(21-2)13(12)18)14(19)9-4-3-8(16)7-11(9)17/h3-7H,1-2H3. The average molecular weight is 435 g/mol. The van der Waals surface area contributed by atoms with Gasteiger partial charge in [0.2, 0.25) is 0 Å². The number of halogens is 3. The first-order valence-electron chi connectivity index (χ1n) is 5.89. The molecule has 110 valence electrons. The summed E-state index contributed by atoms with van der Waals surface area (Å²) in [6.45, 7) is 0. The fourth-order valence-corrected chi connectivity index (χ4v) is 3.44. The van der Waals surface area contributed by atoms with Crippen LogP contribution >= 0.6 is 43.5 Å². The molecule has 6 heteroatoms. The molecule has 0 aromatic heterocycles. The molecule has 2 aromatic rings. The van der Waals surface area contributed by atoms with Crippen molar-refractivity contribution in [3.63, 3.8) is 0 Å². The second-order valence-corrected chi connectivity index (χ2v) is 6.26. The highest BCUT2D eigenvalue weighted by atomic mass is 79.9. The Morgan fingerprint density at radius 2 is 1.71 bits per heavy atom. The Bertz CT molecular complexity index is 702. The van der Waals surface area contributed by atoms with Crippen LogP contribution in [0.2, 0.25) is 5.02 Å². The van der Waals surface area contributed by atoms with E-state index in [2.05, 4.69) is 31.9 Å². The summed E-state index contributed by atoms with van der Waals surface area (Å²) in [5.74, 6) is 0.576. The molecule has 0 atom stereocenters. The van der Waals surface area contributed by atoms with Crippen LogP contribution in [0.5, 0.6) is 11.5 Å². The van der Waals surface area contributed by atoms with Gasteiger partial charge in [0.15, 0.2) is 11.5 Å². The Kier molecular flexibility index (Phi) is 5.30. The Balaban J connectivity index is 2.55. The summed E-state index contributed by atoms with van der Waals surface area (Å²) in [5, 5.41) is 0.277. The van der Waals surface area contributed by atoms with Gasteiger partial charge in [-0.3, -0.25) is 4.79 Å². The Morgan fingerprint density at radius 3 is 2.29 bits per heavy atom. The fraction of sp³-hybridized carbons (Fsp3) is 0.133. The molecule has 0 spiro atoms. The maximum absolute atomic E-state index is 12.7. The predicted molar refractivity (Wildman–Crippen MR) is 89.8 cm³/mol. The first-order chi connectivity index (χ1) is 9.99. The summed E-state index contributed by atoms with van der Waals surface area (Å²) in [5.41, 5.74) is 0.907. The van der Waals surface area contributed by atoms with Gasteiger partial charge in [-0.2, -0.15) is 0 Å². The van der Waals surface area contributed by atoms with Gasteiger partial charge in [-0.15, -0.1) is 0 Å². The number of rotatable bonds is 4. The molecule has 0 aliphatic rings. The van der Waals surface area contributed by atoms with Crippen molar-refractivity contribution in [3.05, 3.63) is 55.4 Å². The average Bonchev–Trinajstić information content (AvgIpc) is 2.46. The molecule has 21 heavy (non-hydrogen) atoms. The summed E-state index contributed by atoms with van der Waals surface area (Å²) in [4.78, 5) is 12.7. The van der Waals surface area contributed by atoms with Crippen LogP contribution in [0.15, 0.2) is 39.3 Å². The van der Waals surface area contributed by atoms with E-state index >= 15 is 0 Å². The fourth-order valence-electron chi connectivity index (χ4n) is 1.89. The van der Waals surface area contributed by atoms with Crippen LogP contribution in [0.4, 0.5) is 0 Å². The van der Waals surface area contributed by atoms with E-state index < -0.39 is 0 Å². The van der Waals surface area contributed by atoms with Gasteiger partial charge < -0.3 is 9.47 Å².